The van der Waals surface area contributed by atoms with Crippen molar-refractivity contribution in [1.29, 1.82) is 0 Å². The first-order valence-electron chi connectivity index (χ1n) is 5.87. The zero-order valence-electron chi connectivity index (χ0n) is 9.77. The van der Waals surface area contributed by atoms with Gasteiger partial charge in [-0.15, -0.1) is 0 Å². The van der Waals surface area contributed by atoms with Crippen LogP contribution in [0.3, 0.4) is 0 Å². The molecule has 0 saturated heterocycles. The Morgan fingerprint density at radius 3 is 3.00 bits per heavy atom. The van der Waals surface area contributed by atoms with Crippen LogP contribution in [0.5, 0.6) is 0 Å². The molecule has 92 valence electrons. The van der Waals surface area contributed by atoms with E-state index in [2.05, 4.69) is 22.4 Å². The summed E-state index contributed by atoms with van der Waals surface area (Å²) in [5.74, 6) is 0. The average molecular weight is 261 g/mol. The van der Waals surface area contributed by atoms with E-state index in [0.29, 0.717) is 18.4 Å². The third-order valence-electron chi connectivity index (χ3n) is 3.06. The zero-order chi connectivity index (χ0) is 12.4. The molecule has 1 unspecified atom stereocenters. The molecule has 2 heterocycles. The predicted octanol–water partition coefficient (Wildman–Crippen LogP) is 3.42. The van der Waals surface area contributed by atoms with E-state index in [0.717, 1.165) is 5.69 Å². The normalized spacial score (nSPS) is 18.2. The first kappa shape index (κ1) is 11.5. The van der Waals surface area contributed by atoms with Crippen LogP contribution in [0.15, 0.2) is 42.6 Å². The SMILES string of the molecule is Clc1ncccc1NC1COCc2ccccc21. The van der Waals surface area contributed by atoms with Crippen LogP contribution < -0.4 is 5.32 Å². The van der Waals surface area contributed by atoms with Crippen molar-refractivity contribution < 1.29 is 4.74 Å². The summed E-state index contributed by atoms with van der Waals surface area (Å²) in [6.45, 7) is 1.32. The molecule has 4 heteroatoms. The summed E-state index contributed by atoms with van der Waals surface area (Å²) < 4.78 is 5.59. The minimum absolute atomic E-state index is 0.122. The van der Waals surface area contributed by atoms with Crippen LogP contribution in [0.25, 0.3) is 0 Å². The van der Waals surface area contributed by atoms with E-state index in [1.807, 2.05) is 24.3 Å². The quantitative estimate of drug-likeness (QED) is 0.840. The number of hydrogen-bond donors (Lipinski definition) is 1. The summed E-state index contributed by atoms with van der Waals surface area (Å²) in [6, 6.07) is 12.2. The minimum Gasteiger partial charge on any atom is -0.374 e. The predicted molar refractivity (Wildman–Crippen MR) is 71.7 cm³/mol. The first-order chi connectivity index (χ1) is 8.84. The molecule has 0 radical (unpaired) electrons. The van der Waals surface area contributed by atoms with Crippen LogP contribution in [0.4, 0.5) is 5.69 Å². The number of benzene rings is 1. The number of aromatic nitrogens is 1. The van der Waals surface area contributed by atoms with E-state index in [-0.39, 0.29) is 6.04 Å². The van der Waals surface area contributed by atoms with Crippen molar-refractivity contribution in [3.8, 4) is 0 Å². The van der Waals surface area contributed by atoms with E-state index in [4.69, 9.17) is 16.3 Å². The molecule has 1 aliphatic heterocycles. The number of ether oxygens (including phenoxy) is 1. The van der Waals surface area contributed by atoms with Gasteiger partial charge in [-0.25, -0.2) is 4.98 Å². The van der Waals surface area contributed by atoms with Gasteiger partial charge in [-0.05, 0) is 23.3 Å². The molecule has 3 nitrogen and oxygen atoms in total. The van der Waals surface area contributed by atoms with Gasteiger partial charge in [-0.3, -0.25) is 0 Å². The molecule has 2 aromatic rings. The lowest BCUT2D eigenvalue weighted by molar-refractivity contribution is 0.0970. The second-order valence-corrected chi connectivity index (χ2v) is 4.61. The van der Waals surface area contributed by atoms with Gasteiger partial charge < -0.3 is 10.1 Å². The number of hydrogen-bond acceptors (Lipinski definition) is 3. The molecule has 0 aliphatic carbocycles. The molecule has 0 amide bonds. The highest BCUT2D eigenvalue weighted by Gasteiger charge is 2.20. The number of fused-ring (bicyclic) bond motifs is 1. The average Bonchev–Trinajstić information content (AvgIpc) is 2.42. The summed E-state index contributed by atoms with van der Waals surface area (Å²) in [6.07, 6.45) is 1.68. The highest BCUT2D eigenvalue weighted by molar-refractivity contribution is 6.31. The molecule has 0 fully saturated rings. The third-order valence-corrected chi connectivity index (χ3v) is 3.36. The molecule has 1 N–H and O–H groups in total. The number of rotatable bonds is 2. The largest absolute Gasteiger partial charge is 0.374 e. The standard InChI is InChI=1S/C14H13ClN2O/c15-14-12(6-3-7-16-14)17-13-9-18-8-10-4-1-2-5-11(10)13/h1-7,13,17H,8-9H2. The second kappa shape index (κ2) is 4.96. The van der Waals surface area contributed by atoms with Gasteiger partial charge in [0.1, 0.15) is 0 Å². The van der Waals surface area contributed by atoms with Crippen molar-refractivity contribution in [1.82, 2.24) is 4.98 Å². The first-order valence-corrected chi connectivity index (χ1v) is 6.25. The molecule has 3 rings (SSSR count). The van der Waals surface area contributed by atoms with Crippen molar-refractivity contribution in [2.24, 2.45) is 0 Å². The molecule has 0 spiro atoms. The Morgan fingerprint density at radius 1 is 1.22 bits per heavy atom. The van der Waals surface area contributed by atoms with Crippen LogP contribution in [0.2, 0.25) is 5.15 Å². The summed E-state index contributed by atoms with van der Waals surface area (Å²) in [5, 5.41) is 3.87. The zero-order valence-corrected chi connectivity index (χ0v) is 10.5. The van der Waals surface area contributed by atoms with Crippen LogP contribution in [0.1, 0.15) is 17.2 Å². The van der Waals surface area contributed by atoms with Crippen LogP contribution in [0, 0.1) is 0 Å². The van der Waals surface area contributed by atoms with Gasteiger partial charge in [0, 0.05) is 6.20 Å². The van der Waals surface area contributed by atoms with Gasteiger partial charge in [0.05, 0.1) is 24.9 Å². The Kier molecular flexibility index (Phi) is 3.17. The fourth-order valence-corrected chi connectivity index (χ4v) is 2.36. The van der Waals surface area contributed by atoms with Gasteiger partial charge in [0.15, 0.2) is 5.15 Å². The minimum atomic E-state index is 0.122. The molecule has 0 bridgehead atoms. The maximum Gasteiger partial charge on any atom is 0.152 e. The Bertz CT molecular complexity index is 559. The van der Waals surface area contributed by atoms with E-state index in [9.17, 15) is 0 Å². The molecular weight excluding hydrogens is 248 g/mol. The number of halogens is 1. The van der Waals surface area contributed by atoms with Crippen LogP contribution >= 0.6 is 11.6 Å². The summed E-state index contributed by atoms with van der Waals surface area (Å²) in [5.41, 5.74) is 3.33. The molecule has 0 saturated carbocycles. The van der Waals surface area contributed by atoms with Crippen molar-refractivity contribution in [3.63, 3.8) is 0 Å². The van der Waals surface area contributed by atoms with Crippen molar-refractivity contribution in [2.45, 2.75) is 12.6 Å². The maximum absolute atomic E-state index is 6.06. The van der Waals surface area contributed by atoms with E-state index in [1.165, 1.54) is 11.1 Å². The lowest BCUT2D eigenvalue weighted by Gasteiger charge is -2.27. The monoisotopic (exact) mass is 260 g/mol. The van der Waals surface area contributed by atoms with Gasteiger partial charge in [-0.1, -0.05) is 35.9 Å². The molecule has 1 aliphatic rings. The summed E-state index contributed by atoms with van der Waals surface area (Å²) in [7, 11) is 0. The van der Waals surface area contributed by atoms with Gasteiger partial charge in [0.2, 0.25) is 0 Å². The van der Waals surface area contributed by atoms with Crippen LogP contribution in [-0.4, -0.2) is 11.6 Å². The Hall–Kier alpha value is -1.58. The summed E-state index contributed by atoms with van der Waals surface area (Å²) in [4.78, 5) is 4.06. The van der Waals surface area contributed by atoms with Gasteiger partial charge in [-0.2, -0.15) is 0 Å². The fourth-order valence-electron chi connectivity index (χ4n) is 2.18. The Morgan fingerprint density at radius 2 is 2.11 bits per heavy atom. The van der Waals surface area contributed by atoms with E-state index in [1.54, 1.807) is 6.20 Å². The maximum atomic E-state index is 6.06. The number of pyridine rings is 1. The van der Waals surface area contributed by atoms with Gasteiger partial charge in [0.25, 0.3) is 0 Å². The third kappa shape index (κ3) is 2.19. The molecule has 18 heavy (non-hydrogen) atoms. The fraction of sp³-hybridized carbons (Fsp3) is 0.214. The molecule has 1 atom stereocenters. The highest BCUT2D eigenvalue weighted by atomic mass is 35.5. The van der Waals surface area contributed by atoms with E-state index >= 15 is 0 Å². The molecule has 1 aromatic heterocycles. The summed E-state index contributed by atoms with van der Waals surface area (Å²) >= 11 is 6.06. The van der Waals surface area contributed by atoms with Crippen molar-refractivity contribution >= 4 is 17.3 Å². The highest BCUT2D eigenvalue weighted by Crippen LogP contribution is 2.29. The molecule has 1 aromatic carbocycles. The second-order valence-electron chi connectivity index (χ2n) is 4.25. The topological polar surface area (TPSA) is 34.2 Å². The molecular formula is C14H13ClN2O. The van der Waals surface area contributed by atoms with Crippen molar-refractivity contribution in [2.75, 3.05) is 11.9 Å². The number of anilines is 1. The smallest absolute Gasteiger partial charge is 0.152 e. The van der Waals surface area contributed by atoms with E-state index < -0.39 is 0 Å². The lowest BCUT2D eigenvalue weighted by atomic mass is 9.99. The lowest BCUT2D eigenvalue weighted by Crippen LogP contribution is -2.23. The van der Waals surface area contributed by atoms with Crippen LogP contribution in [-0.2, 0) is 11.3 Å². The number of nitrogens with one attached hydrogen (secondary N) is 1. The Labute approximate surface area is 111 Å². The number of nitrogens with zero attached hydrogens (tertiary/aromatic N) is 1. The van der Waals surface area contributed by atoms with Crippen molar-refractivity contribution in [3.05, 3.63) is 58.9 Å². The van der Waals surface area contributed by atoms with Gasteiger partial charge >= 0.3 is 0 Å². The Balaban J connectivity index is 1.89.